The highest BCUT2D eigenvalue weighted by Crippen LogP contribution is 2.21. The van der Waals surface area contributed by atoms with Gasteiger partial charge in [0, 0.05) is 11.9 Å². The highest BCUT2D eigenvalue weighted by Gasteiger charge is 2.05. The third-order valence-corrected chi connectivity index (χ3v) is 2.86. The molecule has 1 heterocycles. The molecule has 0 aliphatic heterocycles. The summed E-state index contributed by atoms with van der Waals surface area (Å²) in [6.07, 6.45) is 2.29. The van der Waals surface area contributed by atoms with Gasteiger partial charge >= 0.3 is 0 Å². The average molecular weight is 262 g/mol. The van der Waals surface area contributed by atoms with Crippen LogP contribution >= 0.6 is 0 Å². The van der Waals surface area contributed by atoms with Crippen molar-refractivity contribution in [3.05, 3.63) is 36.0 Å². The van der Waals surface area contributed by atoms with Crippen LogP contribution < -0.4 is 10.1 Å². The van der Waals surface area contributed by atoms with Crippen molar-refractivity contribution in [2.75, 3.05) is 20.3 Å². The van der Waals surface area contributed by atoms with Gasteiger partial charge in [0.1, 0.15) is 5.75 Å². The Hall–Kier alpha value is -2.17. The first kappa shape index (κ1) is 13.3. The first-order chi connectivity index (χ1) is 9.24. The molecule has 4 nitrogen and oxygen atoms in total. The number of benzene rings is 1. The fourth-order valence-corrected chi connectivity index (χ4v) is 1.90. The number of pyridine rings is 1. The molecule has 0 aliphatic rings. The molecule has 19 heavy (non-hydrogen) atoms. The van der Waals surface area contributed by atoms with Gasteiger partial charge in [0.05, 0.1) is 18.8 Å². The van der Waals surface area contributed by atoms with E-state index in [9.17, 15) is 9.18 Å². The van der Waals surface area contributed by atoms with Crippen molar-refractivity contribution in [1.29, 1.82) is 0 Å². The topological polar surface area (TPSA) is 51.2 Å². The molecule has 0 unspecified atom stereocenters. The summed E-state index contributed by atoms with van der Waals surface area (Å²) in [6.45, 7) is -0.579. The number of hydrogen-bond acceptors (Lipinski definition) is 3. The number of nitrogens with one attached hydrogen (secondary N) is 1. The van der Waals surface area contributed by atoms with E-state index in [2.05, 4.69) is 10.3 Å². The predicted octanol–water partition coefficient (Wildman–Crippen LogP) is 1.87. The maximum atomic E-state index is 12.0. The van der Waals surface area contributed by atoms with Crippen LogP contribution in [0.5, 0.6) is 5.75 Å². The standard InChI is InChI=1S/C14H15FN2O2/c1-19-11-7-12-10(5-6-16-14(18)8-15)3-2-4-13(12)17-9-11/h2-4,7,9H,5-6,8H2,1H3,(H,16,18). The SMILES string of the molecule is COc1cnc2cccc(CCNC(=O)CF)c2c1. The Morgan fingerprint density at radius 3 is 3.05 bits per heavy atom. The molecule has 2 aromatic rings. The van der Waals surface area contributed by atoms with E-state index in [4.69, 9.17) is 4.74 Å². The van der Waals surface area contributed by atoms with E-state index in [-0.39, 0.29) is 0 Å². The normalized spacial score (nSPS) is 10.4. The van der Waals surface area contributed by atoms with E-state index in [1.54, 1.807) is 13.3 Å². The molecule has 1 aromatic heterocycles. The Labute approximate surface area is 110 Å². The van der Waals surface area contributed by atoms with E-state index < -0.39 is 12.6 Å². The highest BCUT2D eigenvalue weighted by atomic mass is 19.1. The van der Waals surface area contributed by atoms with Gasteiger partial charge in [-0.2, -0.15) is 0 Å². The lowest BCUT2D eigenvalue weighted by molar-refractivity contribution is -0.121. The van der Waals surface area contributed by atoms with Crippen LogP contribution in [0.3, 0.4) is 0 Å². The predicted molar refractivity (Wildman–Crippen MR) is 71.0 cm³/mol. The number of methoxy groups -OCH3 is 1. The Balaban J connectivity index is 2.19. The lowest BCUT2D eigenvalue weighted by Gasteiger charge is -2.08. The number of nitrogens with zero attached hydrogens (tertiary/aromatic N) is 1. The molecule has 0 bridgehead atoms. The second-order valence-corrected chi connectivity index (χ2v) is 4.09. The molecular weight excluding hydrogens is 247 g/mol. The first-order valence-electron chi connectivity index (χ1n) is 5.99. The lowest BCUT2D eigenvalue weighted by atomic mass is 10.1. The molecule has 1 N–H and O–H groups in total. The molecule has 0 fully saturated rings. The number of hydrogen-bond donors (Lipinski definition) is 1. The average Bonchev–Trinajstić information content (AvgIpc) is 2.46. The zero-order chi connectivity index (χ0) is 13.7. The van der Waals surface area contributed by atoms with Crippen LogP contribution in [-0.4, -0.2) is 31.2 Å². The van der Waals surface area contributed by atoms with Crippen LogP contribution in [0.1, 0.15) is 5.56 Å². The van der Waals surface area contributed by atoms with Gasteiger partial charge in [0.2, 0.25) is 0 Å². The van der Waals surface area contributed by atoms with E-state index in [1.807, 2.05) is 24.3 Å². The van der Waals surface area contributed by atoms with Gasteiger partial charge in [-0.15, -0.1) is 0 Å². The van der Waals surface area contributed by atoms with Crippen LogP contribution in [0, 0.1) is 0 Å². The molecule has 0 spiro atoms. The summed E-state index contributed by atoms with van der Waals surface area (Å²) in [7, 11) is 1.59. The van der Waals surface area contributed by atoms with Crippen LogP contribution in [0.25, 0.3) is 10.9 Å². The van der Waals surface area contributed by atoms with Crippen molar-refractivity contribution in [1.82, 2.24) is 10.3 Å². The van der Waals surface area contributed by atoms with E-state index in [0.29, 0.717) is 18.7 Å². The summed E-state index contributed by atoms with van der Waals surface area (Å²) >= 11 is 0. The van der Waals surface area contributed by atoms with E-state index >= 15 is 0 Å². The van der Waals surface area contributed by atoms with Crippen LogP contribution in [0.15, 0.2) is 30.5 Å². The van der Waals surface area contributed by atoms with Crippen molar-refractivity contribution >= 4 is 16.8 Å². The Morgan fingerprint density at radius 2 is 2.32 bits per heavy atom. The van der Waals surface area contributed by atoms with Crippen LogP contribution in [-0.2, 0) is 11.2 Å². The summed E-state index contributed by atoms with van der Waals surface area (Å²) in [5.41, 5.74) is 1.91. The van der Waals surface area contributed by atoms with Crippen molar-refractivity contribution in [2.45, 2.75) is 6.42 Å². The molecule has 0 radical (unpaired) electrons. The highest BCUT2D eigenvalue weighted by molar-refractivity contribution is 5.83. The number of halogens is 1. The Kier molecular flexibility index (Phi) is 4.28. The molecule has 100 valence electrons. The number of carbonyl (C=O) groups excluding carboxylic acids is 1. The van der Waals surface area contributed by atoms with Gasteiger partial charge in [0.15, 0.2) is 6.67 Å². The van der Waals surface area contributed by atoms with Crippen molar-refractivity contribution in [2.24, 2.45) is 0 Å². The molecule has 0 atom stereocenters. The van der Waals surface area contributed by atoms with Gasteiger partial charge < -0.3 is 10.1 Å². The zero-order valence-electron chi connectivity index (χ0n) is 10.6. The monoisotopic (exact) mass is 262 g/mol. The van der Waals surface area contributed by atoms with Crippen LogP contribution in [0.2, 0.25) is 0 Å². The third kappa shape index (κ3) is 3.19. The number of fused-ring (bicyclic) bond motifs is 1. The summed E-state index contributed by atoms with van der Waals surface area (Å²) in [5, 5.41) is 3.49. The maximum Gasteiger partial charge on any atom is 0.251 e. The van der Waals surface area contributed by atoms with Gasteiger partial charge in [-0.1, -0.05) is 12.1 Å². The quantitative estimate of drug-likeness (QED) is 0.895. The molecule has 0 saturated carbocycles. The summed E-state index contributed by atoms with van der Waals surface area (Å²) < 4.78 is 17.2. The number of amides is 1. The van der Waals surface area contributed by atoms with E-state index in [1.165, 1.54) is 0 Å². The second kappa shape index (κ2) is 6.13. The summed E-state index contributed by atoms with van der Waals surface area (Å²) in [6, 6.07) is 7.70. The van der Waals surface area contributed by atoms with Gasteiger partial charge in [0.25, 0.3) is 5.91 Å². The minimum absolute atomic E-state index is 0.402. The Morgan fingerprint density at radius 1 is 1.47 bits per heavy atom. The second-order valence-electron chi connectivity index (χ2n) is 4.09. The molecule has 0 aliphatic carbocycles. The molecule has 2 rings (SSSR count). The first-order valence-corrected chi connectivity index (χ1v) is 5.99. The largest absolute Gasteiger partial charge is 0.495 e. The molecule has 0 saturated heterocycles. The number of aromatic nitrogens is 1. The minimum atomic E-state index is -0.981. The number of ether oxygens (including phenoxy) is 1. The van der Waals surface area contributed by atoms with Gasteiger partial charge in [-0.05, 0) is 24.1 Å². The fraction of sp³-hybridized carbons (Fsp3) is 0.286. The molecule has 1 aromatic carbocycles. The maximum absolute atomic E-state index is 12.0. The number of rotatable bonds is 5. The zero-order valence-corrected chi connectivity index (χ0v) is 10.6. The Bertz CT molecular complexity index is 587. The molecular formula is C14H15FN2O2. The van der Waals surface area contributed by atoms with Crippen molar-refractivity contribution in [3.63, 3.8) is 0 Å². The summed E-state index contributed by atoms with van der Waals surface area (Å²) in [5.74, 6) is 0.101. The van der Waals surface area contributed by atoms with Crippen molar-refractivity contribution < 1.29 is 13.9 Å². The molecule has 1 amide bonds. The van der Waals surface area contributed by atoms with Gasteiger partial charge in [-0.3, -0.25) is 9.78 Å². The smallest absolute Gasteiger partial charge is 0.251 e. The lowest BCUT2D eigenvalue weighted by Crippen LogP contribution is -2.26. The third-order valence-electron chi connectivity index (χ3n) is 2.86. The van der Waals surface area contributed by atoms with Crippen molar-refractivity contribution in [3.8, 4) is 5.75 Å². The molecule has 5 heteroatoms. The fourth-order valence-electron chi connectivity index (χ4n) is 1.90. The van der Waals surface area contributed by atoms with Gasteiger partial charge in [-0.25, -0.2) is 4.39 Å². The minimum Gasteiger partial charge on any atom is -0.495 e. The number of alkyl halides is 1. The number of carbonyl (C=O) groups is 1. The van der Waals surface area contributed by atoms with E-state index in [0.717, 1.165) is 16.5 Å². The summed E-state index contributed by atoms with van der Waals surface area (Å²) in [4.78, 5) is 15.1. The van der Waals surface area contributed by atoms with Crippen LogP contribution in [0.4, 0.5) is 4.39 Å².